The molecule has 1 heterocycles. The highest BCUT2D eigenvalue weighted by Gasteiger charge is 2.35. The molecule has 1 aliphatic rings. The van der Waals surface area contributed by atoms with Crippen LogP contribution in [0.1, 0.15) is 48.9 Å². The fourth-order valence-corrected chi connectivity index (χ4v) is 3.26. The maximum absolute atomic E-state index is 6.05. The van der Waals surface area contributed by atoms with Crippen LogP contribution in [0.3, 0.4) is 0 Å². The van der Waals surface area contributed by atoms with Gasteiger partial charge in [0.2, 0.25) is 0 Å². The second-order valence-corrected chi connectivity index (χ2v) is 5.02. The fourth-order valence-electron chi connectivity index (χ4n) is 3.26. The molecule has 0 amide bonds. The largest absolute Gasteiger partial charge is 0.365 e. The summed E-state index contributed by atoms with van der Waals surface area (Å²) in [6.45, 7) is 5.17. The highest BCUT2D eigenvalue weighted by molar-refractivity contribution is 5.37. The minimum Gasteiger partial charge on any atom is -0.365 e. The Bertz CT molecular complexity index is 313. The van der Waals surface area contributed by atoms with Crippen LogP contribution in [0.5, 0.6) is 0 Å². The van der Waals surface area contributed by atoms with Crippen molar-refractivity contribution in [2.24, 2.45) is 5.73 Å². The van der Waals surface area contributed by atoms with E-state index in [2.05, 4.69) is 25.0 Å². The van der Waals surface area contributed by atoms with Crippen molar-refractivity contribution in [1.29, 1.82) is 0 Å². The Morgan fingerprint density at radius 2 is 1.93 bits per heavy atom. The van der Waals surface area contributed by atoms with Gasteiger partial charge in [0.25, 0.3) is 0 Å². The molecular weight excluding hydrogens is 184 g/mol. The number of nitrogens with two attached hydrogens (primary N) is 1. The summed E-state index contributed by atoms with van der Waals surface area (Å²) in [6, 6.07) is 0. The molecule has 3 N–H and O–H groups in total. The van der Waals surface area contributed by atoms with Crippen LogP contribution < -0.4 is 5.73 Å². The van der Waals surface area contributed by atoms with E-state index in [1.54, 1.807) is 0 Å². The fraction of sp³-hybridized carbons (Fsp3) is 0.692. The molecule has 15 heavy (non-hydrogen) atoms. The van der Waals surface area contributed by atoms with Gasteiger partial charge < -0.3 is 10.7 Å². The zero-order valence-electron chi connectivity index (χ0n) is 9.90. The molecule has 0 saturated heterocycles. The van der Waals surface area contributed by atoms with E-state index in [1.165, 1.54) is 48.9 Å². The Balaban J connectivity index is 2.40. The number of rotatable bonds is 2. The number of aromatic amines is 1. The summed E-state index contributed by atoms with van der Waals surface area (Å²) in [6.07, 6.45) is 8.70. The second kappa shape index (κ2) is 4.01. The third-order valence-corrected chi connectivity index (χ3v) is 4.01. The summed E-state index contributed by atoms with van der Waals surface area (Å²) in [4.78, 5) is 3.34. The smallest absolute Gasteiger partial charge is 0.0157 e. The molecule has 0 unspecified atom stereocenters. The molecule has 1 fully saturated rings. The number of aromatic nitrogens is 1. The summed E-state index contributed by atoms with van der Waals surface area (Å²) < 4.78 is 0. The molecule has 2 nitrogen and oxygen atoms in total. The molecule has 1 aromatic heterocycles. The molecule has 0 atom stereocenters. The van der Waals surface area contributed by atoms with Crippen molar-refractivity contribution in [2.45, 2.75) is 51.4 Å². The van der Waals surface area contributed by atoms with Gasteiger partial charge in [0, 0.05) is 23.9 Å². The first-order valence-electron chi connectivity index (χ1n) is 6.05. The topological polar surface area (TPSA) is 41.8 Å². The van der Waals surface area contributed by atoms with Crippen LogP contribution in [0.15, 0.2) is 6.20 Å². The van der Waals surface area contributed by atoms with E-state index in [4.69, 9.17) is 5.73 Å². The third kappa shape index (κ3) is 1.71. The molecule has 2 heteroatoms. The Morgan fingerprint density at radius 3 is 2.40 bits per heavy atom. The van der Waals surface area contributed by atoms with Gasteiger partial charge in [-0.15, -0.1) is 0 Å². The Hall–Kier alpha value is -0.760. The zero-order chi connectivity index (χ0) is 10.9. The normalized spacial score (nSPS) is 20.5. The molecule has 0 bridgehead atoms. The maximum Gasteiger partial charge on any atom is 0.0157 e. The average Bonchev–Trinajstić information content (AvgIpc) is 2.60. The molecule has 84 valence electrons. The van der Waals surface area contributed by atoms with Crippen LogP contribution in [0, 0.1) is 13.8 Å². The van der Waals surface area contributed by atoms with E-state index in [9.17, 15) is 0 Å². The second-order valence-electron chi connectivity index (χ2n) is 5.02. The van der Waals surface area contributed by atoms with E-state index in [1.807, 2.05) is 0 Å². The van der Waals surface area contributed by atoms with Crippen molar-refractivity contribution in [3.63, 3.8) is 0 Å². The molecule has 0 radical (unpaired) electrons. The average molecular weight is 206 g/mol. The highest BCUT2D eigenvalue weighted by atomic mass is 14.7. The van der Waals surface area contributed by atoms with Crippen molar-refractivity contribution in [2.75, 3.05) is 6.54 Å². The molecule has 0 spiro atoms. The standard InChI is InChI=1S/C13H22N2/c1-10-8-15-11(2)12(10)13(9-14)6-4-3-5-7-13/h8,15H,3-7,9,14H2,1-2H3. The number of H-pyrrole nitrogens is 1. The predicted octanol–water partition coefficient (Wildman–Crippen LogP) is 2.79. The van der Waals surface area contributed by atoms with Crippen molar-refractivity contribution in [3.8, 4) is 0 Å². The number of hydrogen-bond acceptors (Lipinski definition) is 1. The lowest BCUT2D eigenvalue weighted by Crippen LogP contribution is -2.38. The van der Waals surface area contributed by atoms with E-state index in [0.29, 0.717) is 0 Å². The minimum absolute atomic E-state index is 0.270. The molecule has 1 aliphatic carbocycles. The van der Waals surface area contributed by atoms with Gasteiger partial charge in [0.1, 0.15) is 0 Å². The van der Waals surface area contributed by atoms with Gasteiger partial charge in [-0.25, -0.2) is 0 Å². The SMILES string of the molecule is Cc1c[nH]c(C)c1C1(CN)CCCCC1. The summed E-state index contributed by atoms with van der Waals surface area (Å²) in [5, 5.41) is 0. The van der Waals surface area contributed by atoms with E-state index >= 15 is 0 Å². The molecular formula is C13H22N2. The summed E-state index contributed by atoms with van der Waals surface area (Å²) in [5.74, 6) is 0. The van der Waals surface area contributed by atoms with E-state index < -0.39 is 0 Å². The molecule has 0 aromatic carbocycles. The summed E-state index contributed by atoms with van der Waals surface area (Å²) >= 11 is 0. The van der Waals surface area contributed by atoms with Crippen LogP contribution in [0.25, 0.3) is 0 Å². The number of aryl methyl sites for hydroxylation is 2. The Morgan fingerprint density at radius 1 is 1.27 bits per heavy atom. The monoisotopic (exact) mass is 206 g/mol. The van der Waals surface area contributed by atoms with Gasteiger partial charge in [-0.05, 0) is 37.8 Å². The predicted molar refractivity (Wildman–Crippen MR) is 64.1 cm³/mol. The van der Waals surface area contributed by atoms with Crippen LogP contribution >= 0.6 is 0 Å². The van der Waals surface area contributed by atoms with Crippen LogP contribution in [-0.2, 0) is 5.41 Å². The number of hydrogen-bond donors (Lipinski definition) is 2. The first kappa shape index (κ1) is 10.7. The lowest BCUT2D eigenvalue weighted by molar-refractivity contribution is 0.299. The third-order valence-electron chi connectivity index (χ3n) is 4.01. The first-order chi connectivity index (χ1) is 7.19. The summed E-state index contributed by atoms with van der Waals surface area (Å²) in [7, 11) is 0. The van der Waals surface area contributed by atoms with Crippen molar-refractivity contribution >= 4 is 0 Å². The molecule has 1 aromatic rings. The van der Waals surface area contributed by atoms with Crippen molar-refractivity contribution in [1.82, 2.24) is 4.98 Å². The van der Waals surface area contributed by atoms with Gasteiger partial charge in [0.15, 0.2) is 0 Å². The highest BCUT2D eigenvalue weighted by Crippen LogP contribution is 2.41. The quantitative estimate of drug-likeness (QED) is 0.767. The van der Waals surface area contributed by atoms with Gasteiger partial charge >= 0.3 is 0 Å². The zero-order valence-corrected chi connectivity index (χ0v) is 9.90. The van der Waals surface area contributed by atoms with Gasteiger partial charge in [-0.1, -0.05) is 19.3 Å². The van der Waals surface area contributed by atoms with Crippen LogP contribution in [0.4, 0.5) is 0 Å². The summed E-state index contributed by atoms with van der Waals surface area (Å²) in [5.41, 5.74) is 10.5. The van der Waals surface area contributed by atoms with E-state index in [-0.39, 0.29) is 5.41 Å². The van der Waals surface area contributed by atoms with E-state index in [0.717, 1.165) is 6.54 Å². The first-order valence-corrected chi connectivity index (χ1v) is 6.05. The molecule has 2 rings (SSSR count). The molecule has 0 aliphatic heterocycles. The number of nitrogens with one attached hydrogen (secondary N) is 1. The lowest BCUT2D eigenvalue weighted by Gasteiger charge is -2.37. The minimum atomic E-state index is 0.270. The van der Waals surface area contributed by atoms with Crippen LogP contribution in [0.2, 0.25) is 0 Å². The van der Waals surface area contributed by atoms with Gasteiger partial charge in [0.05, 0.1) is 0 Å². The van der Waals surface area contributed by atoms with Crippen LogP contribution in [-0.4, -0.2) is 11.5 Å². The van der Waals surface area contributed by atoms with Gasteiger partial charge in [-0.2, -0.15) is 0 Å². The maximum atomic E-state index is 6.05. The Labute approximate surface area is 92.3 Å². The van der Waals surface area contributed by atoms with Crippen molar-refractivity contribution < 1.29 is 0 Å². The van der Waals surface area contributed by atoms with Crippen molar-refractivity contribution in [3.05, 3.63) is 23.0 Å². The van der Waals surface area contributed by atoms with Gasteiger partial charge in [-0.3, -0.25) is 0 Å². The Kier molecular flexibility index (Phi) is 2.87. The lowest BCUT2D eigenvalue weighted by atomic mass is 9.68. The molecule has 1 saturated carbocycles.